The van der Waals surface area contributed by atoms with E-state index in [2.05, 4.69) is 15.3 Å². The minimum atomic E-state index is -0.842. The molecule has 0 radical (unpaired) electrons. The van der Waals surface area contributed by atoms with Crippen molar-refractivity contribution in [3.8, 4) is 17.4 Å². The lowest BCUT2D eigenvalue weighted by Gasteiger charge is -2.30. The van der Waals surface area contributed by atoms with Crippen LogP contribution in [0.15, 0.2) is 30.6 Å². The fourth-order valence-corrected chi connectivity index (χ4v) is 3.65. The highest BCUT2D eigenvalue weighted by molar-refractivity contribution is 6.22. The minimum Gasteiger partial charge on any atom is -0.494 e. The monoisotopic (exact) mass is 386 g/mol. The normalized spacial score (nSPS) is 18.3. The van der Waals surface area contributed by atoms with Crippen LogP contribution in [0.1, 0.15) is 32.1 Å². The van der Waals surface area contributed by atoms with E-state index in [4.69, 9.17) is 9.47 Å². The van der Waals surface area contributed by atoms with Gasteiger partial charge in [-0.2, -0.15) is 0 Å². The zero-order valence-corrected chi connectivity index (χ0v) is 15.3. The van der Waals surface area contributed by atoms with Crippen molar-refractivity contribution >= 4 is 17.8 Å². The molecule has 0 bridgehead atoms. The fraction of sp³-hybridized carbons (Fsp3) is 0.368. The van der Waals surface area contributed by atoms with Crippen molar-refractivity contribution in [1.82, 2.24) is 15.3 Å². The molecule has 8 nitrogen and oxygen atoms in total. The molecule has 2 heterocycles. The van der Waals surface area contributed by atoms with E-state index in [1.54, 1.807) is 0 Å². The van der Waals surface area contributed by atoms with Gasteiger partial charge in [0.1, 0.15) is 17.6 Å². The van der Waals surface area contributed by atoms with Crippen LogP contribution in [0.2, 0.25) is 0 Å². The van der Waals surface area contributed by atoms with Gasteiger partial charge in [-0.25, -0.2) is 24.1 Å². The van der Waals surface area contributed by atoms with E-state index in [9.17, 15) is 14.0 Å². The lowest BCUT2D eigenvalue weighted by atomic mass is 9.82. The molecule has 0 atom stereocenters. The second-order valence-electron chi connectivity index (χ2n) is 6.83. The largest absolute Gasteiger partial charge is 0.494 e. The summed E-state index contributed by atoms with van der Waals surface area (Å²) in [6.45, 7) is 0. The average molecular weight is 386 g/mol. The Morgan fingerprint density at radius 3 is 2.68 bits per heavy atom. The van der Waals surface area contributed by atoms with Gasteiger partial charge in [-0.3, -0.25) is 4.79 Å². The van der Waals surface area contributed by atoms with Crippen molar-refractivity contribution < 1.29 is 23.5 Å². The molecule has 1 aliphatic heterocycles. The third-order valence-corrected chi connectivity index (χ3v) is 5.07. The number of ether oxygens (including phenoxy) is 2. The highest BCUT2D eigenvalue weighted by Gasteiger charge is 2.52. The summed E-state index contributed by atoms with van der Waals surface area (Å²) in [6.07, 6.45) is 5.29. The van der Waals surface area contributed by atoms with E-state index >= 15 is 0 Å². The Labute approximate surface area is 160 Å². The number of methoxy groups -OCH3 is 1. The second-order valence-corrected chi connectivity index (χ2v) is 6.83. The maximum atomic E-state index is 13.5. The molecule has 0 unspecified atom stereocenters. The summed E-state index contributed by atoms with van der Waals surface area (Å²) in [7, 11) is 1.35. The zero-order valence-electron chi connectivity index (χ0n) is 15.3. The number of halogens is 1. The summed E-state index contributed by atoms with van der Waals surface area (Å²) >= 11 is 0. The van der Waals surface area contributed by atoms with Crippen molar-refractivity contribution in [3.05, 3.63) is 36.4 Å². The Morgan fingerprint density at radius 2 is 1.93 bits per heavy atom. The first-order valence-electron chi connectivity index (χ1n) is 9.02. The first kappa shape index (κ1) is 18.1. The summed E-state index contributed by atoms with van der Waals surface area (Å²) in [5, 5.41) is 2.84. The molecular formula is C19H19FN4O4. The molecule has 28 heavy (non-hydrogen) atoms. The summed E-state index contributed by atoms with van der Waals surface area (Å²) in [6, 6.07) is 4.90. The van der Waals surface area contributed by atoms with Gasteiger partial charge in [-0.15, -0.1) is 0 Å². The molecule has 146 valence electrons. The lowest BCUT2D eigenvalue weighted by Crippen LogP contribution is -2.48. The Morgan fingerprint density at radius 1 is 1.14 bits per heavy atom. The van der Waals surface area contributed by atoms with Crippen molar-refractivity contribution in [2.45, 2.75) is 37.6 Å². The molecule has 1 aromatic carbocycles. The first-order valence-corrected chi connectivity index (χ1v) is 9.02. The molecular weight excluding hydrogens is 367 g/mol. The number of amides is 3. The van der Waals surface area contributed by atoms with E-state index < -0.39 is 17.4 Å². The van der Waals surface area contributed by atoms with Gasteiger partial charge < -0.3 is 14.8 Å². The van der Waals surface area contributed by atoms with Crippen LogP contribution < -0.4 is 19.7 Å². The van der Waals surface area contributed by atoms with Crippen LogP contribution in [-0.4, -0.2) is 34.6 Å². The topological polar surface area (TPSA) is 93.7 Å². The number of carbonyl (C=O) groups excluding carboxylic acids is 2. The van der Waals surface area contributed by atoms with Crippen LogP contribution >= 0.6 is 0 Å². The molecule has 2 fully saturated rings. The number of anilines is 1. The van der Waals surface area contributed by atoms with Crippen LogP contribution in [0.3, 0.4) is 0 Å². The number of aromatic nitrogens is 2. The third kappa shape index (κ3) is 3.12. The molecule has 2 aliphatic rings. The Bertz CT molecular complexity index is 930. The number of imide groups is 1. The molecule has 2 aromatic rings. The van der Waals surface area contributed by atoms with Gasteiger partial charge in [0.15, 0.2) is 17.4 Å². The SMILES string of the molecule is COc1cc(Oc2cc(N3C(=O)NC4(CCCCC4)C3=O)ncn2)ccc1F. The van der Waals surface area contributed by atoms with E-state index in [-0.39, 0.29) is 23.4 Å². The van der Waals surface area contributed by atoms with Crippen molar-refractivity contribution in [3.63, 3.8) is 0 Å². The molecule has 1 N–H and O–H groups in total. The summed E-state index contributed by atoms with van der Waals surface area (Å²) in [5.74, 6) is -0.252. The standard InChI is InChI=1S/C19H19FN4O4/c1-27-14-9-12(5-6-13(14)20)28-16-10-15(21-11-22-16)24-17(25)19(23-18(24)26)7-3-2-4-8-19/h5-6,9-11H,2-4,7-8H2,1H3,(H,23,26). The first-order chi connectivity index (χ1) is 13.5. The van der Waals surface area contributed by atoms with Gasteiger partial charge in [0.05, 0.1) is 7.11 Å². The van der Waals surface area contributed by atoms with Crippen LogP contribution in [0.4, 0.5) is 15.0 Å². The predicted octanol–water partition coefficient (Wildman–Crippen LogP) is 3.18. The Balaban J connectivity index is 1.59. The van der Waals surface area contributed by atoms with Gasteiger partial charge in [-0.05, 0) is 25.0 Å². The molecule has 4 rings (SSSR count). The number of nitrogens with one attached hydrogen (secondary N) is 1. The van der Waals surface area contributed by atoms with Gasteiger partial charge >= 0.3 is 6.03 Å². The summed E-state index contributed by atoms with van der Waals surface area (Å²) in [4.78, 5) is 34.5. The smallest absolute Gasteiger partial charge is 0.330 e. The van der Waals surface area contributed by atoms with E-state index in [1.165, 1.54) is 37.7 Å². The molecule has 1 saturated heterocycles. The van der Waals surface area contributed by atoms with E-state index in [0.717, 1.165) is 24.2 Å². The fourth-order valence-electron chi connectivity index (χ4n) is 3.65. The maximum absolute atomic E-state index is 13.5. The van der Waals surface area contributed by atoms with Crippen LogP contribution in [0.25, 0.3) is 0 Å². The highest BCUT2D eigenvalue weighted by atomic mass is 19.1. The molecule has 3 amide bonds. The second kappa shape index (κ2) is 7.06. The summed E-state index contributed by atoms with van der Waals surface area (Å²) in [5.41, 5.74) is -0.842. The predicted molar refractivity (Wildman–Crippen MR) is 96.9 cm³/mol. The van der Waals surface area contributed by atoms with Crippen LogP contribution in [0.5, 0.6) is 17.4 Å². The number of urea groups is 1. The number of hydrogen-bond acceptors (Lipinski definition) is 6. The van der Waals surface area contributed by atoms with Gasteiger partial charge in [0.25, 0.3) is 5.91 Å². The van der Waals surface area contributed by atoms with Crippen LogP contribution in [-0.2, 0) is 4.79 Å². The Hall–Kier alpha value is -3.23. The molecule has 1 saturated carbocycles. The van der Waals surface area contributed by atoms with Crippen molar-refractivity contribution in [1.29, 1.82) is 0 Å². The lowest BCUT2D eigenvalue weighted by molar-refractivity contribution is -0.123. The minimum absolute atomic E-state index is 0.0279. The average Bonchev–Trinajstić information content (AvgIpc) is 2.93. The van der Waals surface area contributed by atoms with Gasteiger partial charge in [0, 0.05) is 12.1 Å². The van der Waals surface area contributed by atoms with Crippen molar-refractivity contribution in [2.24, 2.45) is 0 Å². The van der Waals surface area contributed by atoms with Crippen molar-refractivity contribution in [2.75, 3.05) is 12.0 Å². The third-order valence-electron chi connectivity index (χ3n) is 5.07. The van der Waals surface area contributed by atoms with E-state index in [0.29, 0.717) is 18.6 Å². The maximum Gasteiger partial charge on any atom is 0.330 e. The number of nitrogens with zero attached hydrogens (tertiary/aromatic N) is 3. The van der Waals surface area contributed by atoms with Gasteiger partial charge in [0.2, 0.25) is 5.88 Å². The summed E-state index contributed by atoms with van der Waals surface area (Å²) < 4.78 is 24.1. The highest BCUT2D eigenvalue weighted by Crippen LogP contribution is 2.36. The molecule has 1 aromatic heterocycles. The van der Waals surface area contributed by atoms with E-state index in [1.807, 2.05) is 0 Å². The Kier molecular flexibility index (Phi) is 4.58. The number of benzene rings is 1. The van der Waals surface area contributed by atoms with Gasteiger partial charge in [-0.1, -0.05) is 19.3 Å². The number of hydrogen-bond donors (Lipinski definition) is 1. The quantitative estimate of drug-likeness (QED) is 0.811. The number of carbonyl (C=O) groups is 2. The molecule has 1 spiro atoms. The van der Waals surface area contributed by atoms with Crippen LogP contribution in [0, 0.1) is 5.82 Å². The number of rotatable bonds is 4. The molecule has 9 heteroatoms. The molecule has 1 aliphatic carbocycles. The zero-order chi connectivity index (χ0) is 19.7.